The second-order valence-electron chi connectivity index (χ2n) is 4.85. The summed E-state index contributed by atoms with van der Waals surface area (Å²) in [5, 5.41) is 7.18. The van der Waals surface area contributed by atoms with Gasteiger partial charge >= 0.3 is 0 Å². The van der Waals surface area contributed by atoms with Crippen LogP contribution >= 0.6 is 0 Å². The lowest BCUT2D eigenvalue weighted by atomic mass is 10.0. The van der Waals surface area contributed by atoms with E-state index in [-0.39, 0.29) is 5.56 Å². The summed E-state index contributed by atoms with van der Waals surface area (Å²) in [7, 11) is 2.13. The van der Waals surface area contributed by atoms with Gasteiger partial charge in [0.25, 0.3) is 5.56 Å². The van der Waals surface area contributed by atoms with Crippen LogP contribution in [0.15, 0.2) is 23.0 Å². The Balaban J connectivity index is 1.93. The summed E-state index contributed by atoms with van der Waals surface area (Å²) < 4.78 is 1.68. The molecule has 0 radical (unpaired) electrons. The van der Waals surface area contributed by atoms with E-state index in [1.165, 1.54) is 6.42 Å². The van der Waals surface area contributed by atoms with Crippen LogP contribution in [-0.2, 0) is 6.42 Å². The van der Waals surface area contributed by atoms with Crippen molar-refractivity contribution in [1.29, 1.82) is 0 Å². The van der Waals surface area contributed by atoms with Crippen molar-refractivity contribution in [3.8, 4) is 0 Å². The van der Waals surface area contributed by atoms with E-state index >= 15 is 0 Å². The van der Waals surface area contributed by atoms with E-state index in [9.17, 15) is 4.79 Å². The lowest BCUT2D eigenvalue weighted by Gasteiger charge is -2.08. The average molecular weight is 232 g/mol. The molecule has 5 nitrogen and oxygen atoms in total. The maximum Gasteiger partial charge on any atom is 0.257 e. The van der Waals surface area contributed by atoms with Gasteiger partial charge in [-0.05, 0) is 32.0 Å². The molecular weight excluding hydrogens is 216 g/mol. The zero-order valence-electron chi connectivity index (χ0n) is 9.89. The van der Waals surface area contributed by atoms with Gasteiger partial charge in [-0.15, -0.1) is 0 Å². The molecular formula is C12H16N4O. The van der Waals surface area contributed by atoms with Gasteiger partial charge in [-0.3, -0.25) is 9.89 Å². The molecule has 0 aromatic carbocycles. The lowest BCUT2D eigenvalue weighted by Crippen LogP contribution is -2.18. The molecule has 0 spiro atoms. The van der Waals surface area contributed by atoms with E-state index in [4.69, 9.17) is 0 Å². The maximum atomic E-state index is 11.8. The first-order chi connectivity index (χ1) is 8.24. The predicted octanol–water partition coefficient (Wildman–Crippen LogP) is 0.517. The molecule has 90 valence electrons. The second kappa shape index (κ2) is 4.00. The molecule has 1 aliphatic rings. The number of H-pyrrole nitrogens is 1. The van der Waals surface area contributed by atoms with Crippen molar-refractivity contribution in [2.75, 3.05) is 20.1 Å². The van der Waals surface area contributed by atoms with Crippen LogP contribution in [0.1, 0.15) is 12.2 Å². The first-order valence-electron chi connectivity index (χ1n) is 5.97. The molecule has 0 bridgehead atoms. The third-order valence-electron chi connectivity index (χ3n) is 3.47. The molecule has 0 aliphatic carbocycles. The van der Waals surface area contributed by atoms with Crippen LogP contribution in [0, 0.1) is 5.92 Å². The fourth-order valence-corrected chi connectivity index (χ4v) is 2.60. The van der Waals surface area contributed by atoms with Crippen LogP contribution in [0.3, 0.4) is 0 Å². The van der Waals surface area contributed by atoms with Crippen molar-refractivity contribution in [3.05, 3.63) is 34.4 Å². The maximum absolute atomic E-state index is 11.8. The van der Waals surface area contributed by atoms with Gasteiger partial charge in [0.1, 0.15) is 11.5 Å². The molecule has 0 amide bonds. The van der Waals surface area contributed by atoms with E-state index in [1.54, 1.807) is 16.5 Å². The Labute approximate surface area is 99.1 Å². The Morgan fingerprint density at radius 3 is 3.18 bits per heavy atom. The number of likely N-dealkylation sites (tertiary alicyclic amines) is 1. The molecule has 5 heteroatoms. The van der Waals surface area contributed by atoms with Gasteiger partial charge in [0.2, 0.25) is 0 Å². The second-order valence-corrected chi connectivity index (χ2v) is 4.85. The minimum absolute atomic E-state index is 0.00222. The van der Waals surface area contributed by atoms with Gasteiger partial charge in [-0.2, -0.15) is 5.10 Å². The Hall–Kier alpha value is -1.62. The molecule has 3 heterocycles. The standard InChI is InChI=1S/C12H16N4O/c1-15-6-5-9(8-15)7-11-14-13-10-3-2-4-12(17)16(10)11/h2-4,9,13H,5-8H2,1H3. The fourth-order valence-electron chi connectivity index (χ4n) is 2.60. The quantitative estimate of drug-likeness (QED) is 0.821. The third kappa shape index (κ3) is 1.86. The van der Waals surface area contributed by atoms with Crippen LogP contribution in [-0.4, -0.2) is 39.6 Å². The highest BCUT2D eigenvalue weighted by Crippen LogP contribution is 2.18. The van der Waals surface area contributed by atoms with Gasteiger partial charge < -0.3 is 4.90 Å². The van der Waals surface area contributed by atoms with Gasteiger partial charge in [0.05, 0.1) is 0 Å². The summed E-state index contributed by atoms with van der Waals surface area (Å²) in [5.74, 6) is 1.46. The number of aromatic amines is 1. The van der Waals surface area contributed by atoms with Crippen molar-refractivity contribution < 1.29 is 0 Å². The van der Waals surface area contributed by atoms with E-state index < -0.39 is 0 Å². The van der Waals surface area contributed by atoms with E-state index in [0.717, 1.165) is 31.0 Å². The van der Waals surface area contributed by atoms with Crippen molar-refractivity contribution >= 4 is 5.65 Å². The number of hydrogen-bond donors (Lipinski definition) is 1. The minimum atomic E-state index is -0.00222. The normalized spacial score (nSPS) is 21.4. The largest absolute Gasteiger partial charge is 0.306 e. The van der Waals surface area contributed by atoms with Crippen molar-refractivity contribution in [2.24, 2.45) is 5.92 Å². The van der Waals surface area contributed by atoms with E-state index in [0.29, 0.717) is 5.92 Å². The van der Waals surface area contributed by atoms with Crippen LogP contribution in [0.4, 0.5) is 0 Å². The fraction of sp³-hybridized carbons (Fsp3) is 0.500. The Bertz CT molecular complexity index is 585. The number of rotatable bonds is 2. The molecule has 2 aromatic rings. The first-order valence-corrected chi connectivity index (χ1v) is 5.97. The Kier molecular flexibility index (Phi) is 2.48. The summed E-state index contributed by atoms with van der Waals surface area (Å²) in [6.45, 7) is 2.23. The van der Waals surface area contributed by atoms with Crippen LogP contribution in [0.25, 0.3) is 5.65 Å². The zero-order chi connectivity index (χ0) is 11.8. The SMILES string of the molecule is CN1CCC(Cc2n[nH]c3cccc(=O)n23)C1. The van der Waals surface area contributed by atoms with Gasteiger partial charge in [-0.1, -0.05) is 6.07 Å². The number of fused-ring (bicyclic) bond motifs is 1. The summed E-state index contributed by atoms with van der Waals surface area (Å²) in [4.78, 5) is 14.1. The highest BCUT2D eigenvalue weighted by Gasteiger charge is 2.21. The zero-order valence-corrected chi connectivity index (χ0v) is 9.89. The number of aromatic nitrogens is 3. The summed E-state index contributed by atoms with van der Waals surface area (Å²) in [5.41, 5.74) is 0.774. The van der Waals surface area contributed by atoms with Crippen molar-refractivity contribution in [3.63, 3.8) is 0 Å². The molecule has 1 atom stereocenters. The van der Waals surface area contributed by atoms with Gasteiger partial charge in [0.15, 0.2) is 0 Å². The van der Waals surface area contributed by atoms with Crippen LogP contribution in [0.2, 0.25) is 0 Å². The average Bonchev–Trinajstić information content (AvgIpc) is 2.88. The van der Waals surface area contributed by atoms with Crippen LogP contribution in [0.5, 0.6) is 0 Å². The molecule has 1 saturated heterocycles. The topological polar surface area (TPSA) is 53.4 Å². The van der Waals surface area contributed by atoms with E-state index in [2.05, 4.69) is 22.1 Å². The highest BCUT2D eigenvalue weighted by atomic mass is 16.1. The van der Waals surface area contributed by atoms with Crippen LogP contribution < -0.4 is 5.56 Å². The molecule has 1 aliphatic heterocycles. The first kappa shape index (κ1) is 10.5. The molecule has 0 saturated carbocycles. The Morgan fingerprint density at radius 2 is 2.41 bits per heavy atom. The van der Waals surface area contributed by atoms with Crippen molar-refractivity contribution in [1.82, 2.24) is 19.5 Å². The Morgan fingerprint density at radius 1 is 1.53 bits per heavy atom. The molecule has 17 heavy (non-hydrogen) atoms. The molecule has 1 N–H and O–H groups in total. The monoisotopic (exact) mass is 232 g/mol. The predicted molar refractivity (Wildman–Crippen MR) is 65.1 cm³/mol. The number of pyridine rings is 1. The molecule has 2 aromatic heterocycles. The van der Waals surface area contributed by atoms with Gasteiger partial charge in [0, 0.05) is 19.0 Å². The van der Waals surface area contributed by atoms with E-state index in [1.807, 2.05) is 6.07 Å². The number of nitrogens with one attached hydrogen (secondary N) is 1. The highest BCUT2D eigenvalue weighted by molar-refractivity contribution is 5.37. The van der Waals surface area contributed by atoms with Gasteiger partial charge in [-0.25, -0.2) is 4.40 Å². The summed E-state index contributed by atoms with van der Waals surface area (Å²) in [6.07, 6.45) is 2.06. The molecule has 1 fully saturated rings. The smallest absolute Gasteiger partial charge is 0.257 e. The summed E-state index contributed by atoms with van der Waals surface area (Å²) in [6, 6.07) is 5.20. The molecule has 3 rings (SSSR count). The third-order valence-corrected chi connectivity index (χ3v) is 3.47. The number of nitrogens with zero attached hydrogens (tertiary/aromatic N) is 3. The summed E-state index contributed by atoms with van der Waals surface area (Å²) >= 11 is 0. The lowest BCUT2D eigenvalue weighted by molar-refractivity contribution is 0.392. The number of hydrogen-bond acceptors (Lipinski definition) is 3. The molecule has 1 unspecified atom stereocenters. The van der Waals surface area contributed by atoms with Crippen molar-refractivity contribution in [2.45, 2.75) is 12.8 Å². The minimum Gasteiger partial charge on any atom is -0.306 e.